The van der Waals surface area contributed by atoms with E-state index in [4.69, 9.17) is 0 Å². The average molecular weight is 320 g/mol. The van der Waals surface area contributed by atoms with Crippen LogP contribution in [0.3, 0.4) is 0 Å². The summed E-state index contributed by atoms with van der Waals surface area (Å²) < 4.78 is 3.36. The summed E-state index contributed by atoms with van der Waals surface area (Å²) in [5.74, 6) is 1.03. The topological polar surface area (TPSA) is 29.9 Å². The molecule has 1 aromatic heterocycles. The highest BCUT2D eigenvalue weighted by molar-refractivity contribution is 9.10. The van der Waals surface area contributed by atoms with Crippen molar-refractivity contribution in [2.45, 2.75) is 18.3 Å². The molecule has 19 heavy (non-hydrogen) atoms. The van der Waals surface area contributed by atoms with Crippen molar-refractivity contribution in [3.05, 3.63) is 52.5 Å². The van der Waals surface area contributed by atoms with Gasteiger partial charge in [-0.2, -0.15) is 0 Å². The molecule has 3 nitrogen and oxygen atoms in total. The molecule has 0 radical (unpaired) electrons. The lowest BCUT2D eigenvalue weighted by atomic mass is 9.79. The molecule has 2 unspecified atom stereocenters. The largest absolute Gasteiger partial charge is 0.337 e. The Hall–Kier alpha value is -1.13. The molecule has 0 bridgehead atoms. The van der Waals surface area contributed by atoms with E-state index in [1.165, 1.54) is 15.7 Å². The summed E-state index contributed by atoms with van der Waals surface area (Å²) in [7, 11) is 2.08. The van der Waals surface area contributed by atoms with Crippen molar-refractivity contribution in [3.63, 3.8) is 0 Å². The van der Waals surface area contributed by atoms with Crippen LogP contribution in [0.25, 0.3) is 0 Å². The van der Waals surface area contributed by atoms with E-state index < -0.39 is 0 Å². The van der Waals surface area contributed by atoms with E-state index in [9.17, 15) is 0 Å². The van der Waals surface area contributed by atoms with Gasteiger partial charge in [0.15, 0.2) is 0 Å². The Morgan fingerprint density at radius 3 is 2.89 bits per heavy atom. The predicted octanol–water partition coefficient (Wildman–Crippen LogP) is 3.04. The zero-order valence-corrected chi connectivity index (χ0v) is 12.6. The molecule has 0 aliphatic carbocycles. The molecule has 0 saturated carbocycles. The van der Waals surface area contributed by atoms with Crippen LogP contribution in [0.15, 0.2) is 41.3 Å². The van der Waals surface area contributed by atoms with Crippen LogP contribution in [0.1, 0.15) is 29.5 Å². The number of hydrogen-bond acceptors (Lipinski definition) is 2. The molecular weight excluding hydrogens is 302 g/mol. The van der Waals surface area contributed by atoms with E-state index in [0.717, 1.165) is 19.5 Å². The summed E-state index contributed by atoms with van der Waals surface area (Å²) >= 11 is 3.69. The smallest absolute Gasteiger partial charge is 0.0945 e. The van der Waals surface area contributed by atoms with Gasteiger partial charge >= 0.3 is 0 Å². The first kappa shape index (κ1) is 12.9. The minimum Gasteiger partial charge on any atom is -0.337 e. The predicted molar refractivity (Wildman–Crippen MR) is 80.3 cm³/mol. The molecule has 2 aromatic rings. The van der Waals surface area contributed by atoms with E-state index >= 15 is 0 Å². The molecule has 3 rings (SSSR count). The fourth-order valence-electron chi connectivity index (χ4n) is 3.04. The molecule has 1 fully saturated rings. The van der Waals surface area contributed by atoms with Crippen LogP contribution in [0.2, 0.25) is 0 Å². The molecule has 4 heteroatoms. The number of hydrogen-bond donors (Lipinski definition) is 1. The maximum Gasteiger partial charge on any atom is 0.0945 e. The van der Waals surface area contributed by atoms with Crippen molar-refractivity contribution in [1.29, 1.82) is 0 Å². The second-order valence-corrected chi connectivity index (χ2v) is 6.01. The lowest BCUT2D eigenvalue weighted by molar-refractivity contribution is 0.391. The first-order valence-electron chi connectivity index (χ1n) is 6.68. The van der Waals surface area contributed by atoms with Crippen molar-refractivity contribution in [1.82, 2.24) is 14.9 Å². The second kappa shape index (κ2) is 5.47. The van der Waals surface area contributed by atoms with Crippen molar-refractivity contribution in [2.24, 2.45) is 7.05 Å². The monoisotopic (exact) mass is 319 g/mol. The summed E-state index contributed by atoms with van der Waals surface area (Å²) in [6, 6.07) is 8.55. The van der Waals surface area contributed by atoms with Crippen LogP contribution in [-0.2, 0) is 7.05 Å². The summed E-state index contributed by atoms with van der Waals surface area (Å²) in [4.78, 5) is 4.28. The first-order chi connectivity index (χ1) is 9.27. The molecule has 0 amide bonds. The van der Waals surface area contributed by atoms with Gasteiger partial charge in [0.05, 0.1) is 6.33 Å². The second-order valence-electron chi connectivity index (χ2n) is 5.16. The summed E-state index contributed by atoms with van der Waals surface area (Å²) in [5, 5.41) is 3.52. The van der Waals surface area contributed by atoms with E-state index in [0.29, 0.717) is 11.8 Å². The third-order valence-electron chi connectivity index (χ3n) is 4.02. The zero-order chi connectivity index (χ0) is 13.2. The standard InChI is InChI=1S/C15H18BrN3/c1-19-10-18-9-15(19)12-6-7-17-8-13(12)11-4-2-3-5-14(11)16/h2-5,9-10,12-13,17H,6-8H2,1H3. The van der Waals surface area contributed by atoms with Crippen molar-refractivity contribution in [2.75, 3.05) is 13.1 Å². The van der Waals surface area contributed by atoms with Gasteiger partial charge < -0.3 is 9.88 Å². The first-order valence-corrected chi connectivity index (χ1v) is 7.48. The fraction of sp³-hybridized carbons (Fsp3) is 0.400. The maximum absolute atomic E-state index is 4.28. The molecular formula is C15H18BrN3. The average Bonchev–Trinajstić information content (AvgIpc) is 2.86. The van der Waals surface area contributed by atoms with Crippen LogP contribution < -0.4 is 5.32 Å². The molecule has 0 spiro atoms. The normalized spacial score (nSPS) is 23.5. The Morgan fingerprint density at radius 1 is 1.32 bits per heavy atom. The third-order valence-corrected chi connectivity index (χ3v) is 4.74. The summed E-state index contributed by atoms with van der Waals surface area (Å²) in [6.45, 7) is 2.11. The third kappa shape index (κ3) is 2.47. The van der Waals surface area contributed by atoms with E-state index in [-0.39, 0.29) is 0 Å². The lowest BCUT2D eigenvalue weighted by Crippen LogP contribution is -2.34. The Morgan fingerprint density at radius 2 is 2.16 bits per heavy atom. The highest BCUT2D eigenvalue weighted by Crippen LogP contribution is 2.39. The van der Waals surface area contributed by atoms with Crippen molar-refractivity contribution < 1.29 is 0 Å². The molecule has 1 aromatic carbocycles. The summed E-state index contributed by atoms with van der Waals surface area (Å²) in [6.07, 6.45) is 5.07. The maximum atomic E-state index is 4.28. The minimum absolute atomic E-state index is 0.500. The van der Waals surface area contributed by atoms with Gasteiger partial charge in [0.1, 0.15) is 0 Å². The molecule has 1 aliphatic heterocycles. The fourth-order valence-corrected chi connectivity index (χ4v) is 3.62. The number of nitrogens with one attached hydrogen (secondary N) is 1. The number of benzene rings is 1. The number of aryl methyl sites for hydroxylation is 1. The molecule has 2 atom stereocenters. The van der Waals surface area contributed by atoms with E-state index in [2.05, 4.69) is 62.1 Å². The van der Waals surface area contributed by atoms with Gasteiger partial charge in [0, 0.05) is 41.8 Å². The van der Waals surface area contributed by atoms with E-state index in [1.54, 1.807) is 0 Å². The highest BCUT2D eigenvalue weighted by Gasteiger charge is 2.30. The lowest BCUT2D eigenvalue weighted by Gasteiger charge is -2.33. The van der Waals surface area contributed by atoms with Gasteiger partial charge in [-0.3, -0.25) is 0 Å². The molecule has 1 saturated heterocycles. The summed E-state index contributed by atoms with van der Waals surface area (Å²) in [5.41, 5.74) is 2.73. The number of piperidine rings is 1. The van der Waals surface area contributed by atoms with Gasteiger partial charge in [-0.25, -0.2) is 4.98 Å². The number of imidazole rings is 1. The van der Waals surface area contributed by atoms with Crippen LogP contribution in [0, 0.1) is 0 Å². The van der Waals surface area contributed by atoms with Gasteiger partial charge in [0.2, 0.25) is 0 Å². The van der Waals surface area contributed by atoms with Gasteiger partial charge in [-0.05, 0) is 24.6 Å². The Labute approximate surface area is 122 Å². The van der Waals surface area contributed by atoms with Crippen LogP contribution in [-0.4, -0.2) is 22.6 Å². The van der Waals surface area contributed by atoms with Gasteiger partial charge in [-0.1, -0.05) is 34.1 Å². The zero-order valence-electron chi connectivity index (χ0n) is 11.0. The molecule has 1 N–H and O–H groups in total. The Balaban J connectivity index is 1.98. The van der Waals surface area contributed by atoms with Crippen molar-refractivity contribution >= 4 is 15.9 Å². The number of nitrogens with zero attached hydrogens (tertiary/aromatic N) is 2. The van der Waals surface area contributed by atoms with E-state index in [1.807, 2.05) is 12.5 Å². The van der Waals surface area contributed by atoms with Gasteiger partial charge in [0.25, 0.3) is 0 Å². The molecule has 2 heterocycles. The Bertz CT molecular complexity index is 564. The SMILES string of the molecule is Cn1cncc1C1CCNCC1c1ccccc1Br. The van der Waals surface area contributed by atoms with Crippen molar-refractivity contribution in [3.8, 4) is 0 Å². The van der Waals surface area contributed by atoms with Crippen LogP contribution in [0.4, 0.5) is 0 Å². The molecule has 1 aliphatic rings. The number of aromatic nitrogens is 2. The Kier molecular flexibility index (Phi) is 3.71. The molecule has 100 valence electrons. The van der Waals surface area contributed by atoms with Gasteiger partial charge in [-0.15, -0.1) is 0 Å². The minimum atomic E-state index is 0.500. The number of halogens is 1. The quantitative estimate of drug-likeness (QED) is 0.922. The van der Waals surface area contributed by atoms with Crippen LogP contribution in [0.5, 0.6) is 0 Å². The van der Waals surface area contributed by atoms with Crippen LogP contribution >= 0.6 is 15.9 Å². The highest BCUT2D eigenvalue weighted by atomic mass is 79.9. The number of rotatable bonds is 2.